The third-order valence-corrected chi connectivity index (χ3v) is 3.43. The molecule has 0 fully saturated rings. The van der Waals surface area contributed by atoms with Crippen molar-refractivity contribution in [3.63, 3.8) is 0 Å². The van der Waals surface area contributed by atoms with Crippen LogP contribution in [-0.4, -0.2) is 14.1 Å². The third-order valence-electron chi connectivity index (χ3n) is 3.43. The van der Waals surface area contributed by atoms with Crippen LogP contribution in [-0.2, 0) is 19.5 Å². The number of benzene rings is 1. The lowest BCUT2D eigenvalue weighted by atomic mass is 10.3. The van der Waals surface area contributed by atoms with Gasteiger partial charge in [-0.1, -0.05) is 18.2 Å². The molecule has 0 saturated heterocycles. The van der Waals surface area contributed by atoms with Gasteiger partial charge in [-0.15, -0.1) is 0 Å². The van der Waals surface area contributed by atoms with Crippen molar-refractivity contribution in [2.75, 3.05) is 0 Å². The van der Waals surface area contributed by atoms with Crippen LogP contribution in [0.3, 0.4) is 0 Å². The van der Waals surface area contributed by atoms with Crippen molar-refractivity contribution in [2.45, 2.75) is 19.5 Å². The molecule has 0 unspecified atom stereocenters. The molecular formula is C16H14N4O. The van der Waals surface area contributed by atoms with Gasteiger partial charge in [0, 0.05) is 25.4 Å². The second-order valence-corrected chi connectivity index (χ2v) is 4.74. The minimum absolute atomic E-state index is 0.0243. The quantitative estimate of drug-likeness (QED) is 0.733. The summed E-state index contributed by atoms with van der Waals surface area (Å²) in [6.07, 6.45) is 2.03. The lowest BCUT2D eigenvalue weighted by Crippen LogP contribution is -2.21. The second kappa shape index (κ2) is 5.63. The van der Waals surface area contributed by atoms with E-state index in [4.69, 9.17) is 5.26 Å². The van der Waals surface area contributed by atoms with Crippen molar-refractivity contribution >= 4 is 11.0 Å². The molecule has 3 rings (SSSR count). The number of para-hydroxylation sites is 2. The predicted octanol–water partition coefficient (Wildman–Crippen LogP) is 1.96. The molecule has 0 aliphatic carbocycles. The molecule has 3 aromatic rings. The first-order valence-corrected chi connectivity index (χ1v) is 6.76. The van der Waals surface area contributed by atoms with Crippen LogP contribution in [0.2, 0.25) is 0 Å². The number of hydrogen-bond donors (Lipinski definition) is 0. The summed E-state index contributed by atoms with van der Waals surface area (Å²) in [6.45, 7) is 1.17. The van der Waals surface area contributed by atoms with E-state index in [1.54, 1.807) is 22.9 Å². The number of aryl methyl sites for hydroxylation is 2. The molecule has 5 heteroatoms. The van der Waals surface area contributed by atoms with Gasteiger partial charge in [-0.05, 0) is 18.2 Å². The van der Waals surface area contributed by atoms with Crippen molar-refractivity contribution < 1.29 is 0 Å². The Morgan fingerprint density at radius 3 is 2.71 bits per heavy atom. The largest absolute Gasteiger partial charge is 0.325 e. The number of rotatable bonds is 4. The van der Waals surface area contributed by atoms with Crippen molar-refractivity contribution in [3.05, 3.63) is 64.8 Å². The normalized spacial score (nSPS) is 10.6. The summed E-state index contributed by atoms with van der Waals surface area (Å²) in [5.41, 5.74) is 1.85. The summed E-state index contributed by atoms with van der Waals surface area (Å²) in [4.78, 5) is 16.2. The Morgan fingerprint density at radius 1 is 1.10 bits per heavy atom. The molecule has 2 aromatic heterocycles. The summed E-state index contributed by atoms with van der Waals surface area (Å²) in [5, 5.41) is 8.94. The molecule has 0 N–H and O–H groups in total. The van der Waals surface area contributed by atoms with E-state index in [0.29, 0.717) is 13.1 Å². The number of nitriles is 1. The molecule has 0 saturated carbocycles. The maximum absolute atomic E-state index is 11.7. The molecule has 5 nitrogen and oxygen atoms in total. The van der Waals surface area contributed by atoms with E-state index in [1.165, 1.54) is 0 Å². The highest BCUT2D eigenvalue weighted by Gasteiger charge is 2.09. The first-order valence-electron chi connectivity index (χ1n) is 6.76. The van der Waals surface area contributed by atoms with Crippen LogP contribution in [0.25, 0.3) is 11.0 Å². The van der Waals surface area contributed by atoms with Crippen LogP contribution < -0.4 is 5.56 Å². The van der Waals surface area contributed by atoms with Crippen molar-refractivity contribution in [3.8, 4) is 6.07 Å². The van der Waals surface area contributed by atoms with Crippen LogP contribution in [0.15, 0.2) is 53.5 Å². The Hall–Kier alpha value is -2.87. The smallest absolute Gasteiger partial charge is 0.250 e. The lowest BCUT2D eigenvalue weighted by molar-refractivity contribution is 0.562. The number of aromatic nitrogens is 3. The molecule has 104 valence electrons. The van der Waals surface area contributed by atoms with Crippen LogP contribution in [0.1, 0.15) is 5.82 Å². The van der Waals surface area contributed by atoms with Gasteiger partial charge < -0.3 is 9.13 Å². The van der Waals surface area contributed by atoms with E-state index in [2.05, 4.69) is 11.1 Å². The molecule has 0 amide bonds. The van der Waals surface area contributed by atoms with E-state index in [1.807, 2.05) is 34.9 Å². The van der Waals surface area contributed by atoms with Crippen LogP contribution in [0, 0.1) is 11.3 Å². The third kappa shape index (κ3) is 2.56. The molecule has 0 radical (unpaired) electrons. The summed E-state index contributed by atoms with van der Waals surface area (Å²) in [5.74, 6) is 0.739. The Bertz CT molecular complexity index is 870. The fraction of sp³-hybridized carbons (Fsp3) is 0.188. The van der Waals surface area contributed by atoms with Crippen LogP contribution >= 0.6 is 0 Å². The molecular weight excluding hydrogens is 264 g/mol. The van der Waals surface area contributed by atoms with Gasteiger partial charge in [0.25, 0.3) is 5.56 Å². The SMILES string of the molecule is N#CCc1nc2ccccc2n1CCn1ccccc1=O. The van der Waals surface area contributed by atoms with Crippen molar-refractivity contribution in [1.29, 1.82) is 5.26 Å². The first-order chi connectivity index (χ1) is 10.3. The summed E-state index contributed by atoms with van der Waals surface area (Å²) in [6, 6.07) is 15.0. The summed E-state index contributed by atoms with van der Waals surface area (Å²) < 4.78 is 3.67. The Kier molecular flexibility index (Phi) is 3.52. The molecule has 0 bridgehead atoms. The average molecular weight is 278 g/mol. The number of hydrogen-bond acceptors (Lipinski definition) is 3. The monoisotopic (exact) mass is 278 g/mol. The lowest BCUT2D eigenvalue weighted by Gasteiger charge is -2.09. The van der Waals surface area contributed by atoms with E-state index < -0.39 is 0 Å². The highest BCUT2D eigenvalue weighted by atomic mass is 16.1. The van der Waals surface area contributed by atoms with Gasteiger partial charge in [-0.25, -0.2) is 4.98 Å². The molecule has 1 aromatic carbocycles. The molecule has 2 heterocycles. The Balaban J connectivity index is 1.96. The van der Waals surface area contributed by atoms with Gasteiger partial charge in [0.05, 0.1) is 23.5 Å². The van der Waals surface area contributed by atoms with Gasteiger partial charge in [0.15, 0.2) is 0 Å². The topological polar surface area (TPSA) is 63.6 Å². The van der Waals surface area contributed by atoms with Gasteiger partial charge in [0.1, 0.15) is 5.82 Å². The highest BCUT2D eigenvalue weighted by molar-refractivity contribution is 5.75. The first kappa shape index (κ1) is 13.1. The fourth-order valence-corrected chi connectivity index (χ4v) is 2.43. The van der Waals surface area contributed by atoms with Gasteiger partial charge in [-0.3, -0.25) is 4.79 Å². The predicted molar refractivity (Wildman–Crippen MR) is 79.8 cm³/mol. The number of fused-ring (bicyclic) bond motifs is 1. The molecule has 0 aliphatic rings. The van der Waals surface area contributed by atoms with Gasteiger partial charge in [0.2, 0.25) is 0 Å². The minimum Gasteiger partial charge on any atom is -0.325 e. The van der Waals surface area contributed by atoms with Crippen molar-refractivity contribution in [1.82, 2.24) is 14.1 Å². The standard InChI is InChI=1S/C16H14N4O/c17-9-8-15-18-13-5-1-2-6-14(13)20(15)12-11-19-10-4-3-7-16(19)21/h1-7,10H,8,11-12H2. The van der Waals surface area contributed by atoms with E-state index in [-0.39, 0.29) is 12.0 Å². The van der Waals surface area contributed by atoms with Crippen LogP contribution in [0.5, 0.6) is 0 Å². The average Bonchev–Trinajstić information content (AvgIpc) is 2.84. The maximum atomic E-state index is 11.7. The zero-order chi connectivity index (χ0) is 14.7. The number of pyridine rings is 1. The molecule has 0 aliphatic heterocycles. The molecule has 21 heavy (non-hydrogen) atoms. The van der Waals surface area contributed by atoms with Gasteiger partial charge in [-0.2, -0.15) is 5.26 Å². The zero-order valence-corrected chi connectivity index (χ0v) is 11.4. The number of imidazole rings is 1. The minimum atomic E-state index is -0.0243. The Morgan fingerprint density at radius 2 is 1.90 bits per heavy atom. The van der Waals surface area contributed by atoms with Crippen molar-refractivity contribution in [2.24, 2.45) is 0 Å². The van der Waals surface area contributed by atoms with Crippen LogP contribution in [0.4, 0.5) is 0 Å². The maximum Gasteiger partial charge on any atom is 0.250 e. The van der Waals surface area contributed by atoms with E-state index >= 15 is 0 Å². The summed E-state index contributed by atoms with van der Waals surface area (Å²) >= 11 is 0. The second-order valence-electron chi connectivity index (χ2n) is 4.74. The van der Waals surface area contributed by atoms with E-state index in [9.17, 15) is 4.79 Å². The summed E-state index contributed by atoms with van der Waals surface area (Å²) in [7, 11) is 0. The highest BCUT2D eigenvalue weighted by Crippen LogP contribution is 2.16. The van der Waals surface area contributed by atoms with Gasteiger partial charge >= 0.3 is 0 Å². The zero-order valence-electron chi connectivity index (χ0n) is 11.4. The molecule has 0 spiro atoms. The molecule has 0 atom stereocenters. The van der Waals surface area contributed by atoms with E-state index in [0.717, 1.165) is 16.9 Å². The Labute approximate surface area is 121 Å². The fourth-order valence-electron chi connectivity index (χ4n) is 2.43. The number of nitrogens with zero attached hydrogens (tertiary/aromatic N) is 4.